The molecule has 18 heavy (non-hydrogen) atoms. The van der Waals surface area contributed by atoms with Crippen LogP contribution in [0.25, 0.3) is 0 Å². The van der Waals surface area contributed by atoms with Crippen molar-refractivity contribution in [3.63, 3.8) is 0 Å². The molecule has 1 unspecified atom stereocenters. The molecule has 4 nitrogen and oxygen atoms in total. The van der Waals surface area contributed by atoms with Crippen LogP contribution in [0.2, 0.25) is 0 Å². The highest BCUT2D eigenvalue weighted by Gasteiger charge is 2.33. The Balaban J connectivity index is 1.63. The van der Waals surface area contributed by atoms with E-state index in [1.165, 1.54) is 51.4 Å². The molecule has 98 valence electrons. The van der Waals surface area contributed by atoms with Crippen LogP contribution in [-0.2, 0) is 0 Å². The molecule has 1 N–H and O–H groups in total. The SMILES string of the molecule is C1CC(c2nc3n(n2)C(C2CCCC2)CCN3)C1. The van der Waals surface area contributed by atoms with Crippen LogP contribution in [0.5, 0.6) is 0 Å². The zero-order valence-electron chi connectivity index (χ0n) is 10.9. The van der Waals surface area contributed by atoms with Crippen LogP contribution in [0, 0.1) is 5.92 Å². The molecule has 4 heteroatoms. The van der Waals surface area contributed by atoms with Crippen molar-refractivity contribution in [2.75, 3.05) is 11.9 Å². The molecule has 0 amide bonds. The summed E-state index contributed by atoms with van der Waals surface area (Å²) in [4.78, 5) is 4.74. The summed E-state index contributed by atoms with van der Waals surface area (Å²) in [5, 5.41) is 8.27. The number of hydrogen-bond acceptors (Lipinski definition) is 3. The second-order valence-electron chi connectivity index (χ2n) is 6.19. The smallest absolute Gasteiger partial charge is 0.221 e. The van der Waals surface area contributed by atoms with Crippen molar-refractivity contribution in [3.05, 3.63) is 5.82 Å². The Morgan fingerprint density at radius 2 is 1.83 bits per heavy atom. The number of hydrogen-bond donors (Lipinski definition) is 1. The van der Waals surface area contributed by atoms with Gasteiger partial charge in [-0.15, -0.1) is 0 Å². The maximum atomic E-state index is 4.84. The van der Waals surface area contributed by atoms with E-state index in [2.05, 4.69) is 10.00 Å². The van der Waals surface area contributed by atoms with E-state index in [1.54, 1.807) is 0 Å². The number of nitrogens with one attached hydrogen (secondary N) is 1. The summed E-state index contributed by atoms with van der Waals surface area (Å²) in [6, 6.07) is 0.616. The van der Waals surface area contributed by atoms with Gasteiger partial charge in [-0.05, 0) is 38.0 Å². The first-order valence-corrected chi connectivity index (χ1v) is 7.62. The topological polar surface area (TPSA) is 42.7 Å². The van der Waals surface area contributed by atoms with Crippen LogP contribution in [0.4, 0.5) is 5.95 Å². The van der Waals surface area contributed by atoms with Crippen molar-refractivity contribution in [2.45, 2.75) is 63.3 Å². The van der Waals surface area contributed by atoms with Gasteiger partial charge >= 0.3 is 0 Å². The van der Waals surface area contributed by atoms with E-state index in [0.717, 1.165) is 24.2 Å². The van der Waals surface area contributed by atoms with Gasteiger partial charge in [0.05, 0.1) is 6.04 Å². The Hall–Kier alpha value is -1.06. The van der Waals surface area contributed by atoms with Crippen molar-refractivity contribution >= 4 is 5.95 Å². The molecule has 0 spiro atoms. The summed E-state index contributed by atoms with van der Waals surface area (Å²) in [5.41, 5.74) is 0. The molecule has 1 aromatic heterocycles. The Bertz CT molecular complexity index is 429. The third-order valence-electron chi connectivity index (χ3n) is 5.10. The molecular weight excluding hydrogens is 224 g/mol. The lowest BCUT2D eigenvalue weighted by atomic mass is 9.85. The normalized spacial score (nSPS) is 28.8. The standard InChI is InChI=1S/C14H22N4/c1-2-5-10(4-1)12-8-9-15-14-16-13(17-18(12)14)11-6-3-7-11/h10-12H,1-9H2,(H,15,16,17). The fraction of sp³-hybridized carbons (Fsp3) is 0.857. The number of rotatable bonds is 2. The molecule has 2 aliphatic carbocycles. The van der Waals surface area contributed by atoms with Crippen molar-refractivity contribution in [1.29, 1.82) is 0 Å². The predicted octanol–water partition coefficient (Wildman–Crippen LogP) is 3.09. The summed E-state index contributed by atoms with van der Waals surface area (Å²) in [5.74, 6) is 3.64. The fourth-order valence-corrected chi connectivity index (χ4v) is 3.76. The van der Waals surface area contributed by atoms with E-state index in [1.807, 2.05) is 0 Å². The quantitative estimate of drug-likeness (QED) is 0.872. The van der Waals surface area contributed by atoms with Gasteiger partial charge in [0, 0.05) is 12.5 Å². The van der Waals surface area contributed by atoms with Crippen LogP contribution in [0.3, 0.4) is 0 Å². The molecule has 0 saturated heterocycles. The van der Waals surface area contributed by atoms with Crippen molar-refractivity contribution < 1.29 is 0 Å². The van der Waals surface area contributed by atoms with Gasteiger partial charge < -0.3 is 5.32 Å². The molecule has 4 rings (SSSR count). The minimum atomic E-state index is 0.616. The third-order valence-corrected chi connectivity index (χ3v) is 5.10. The second-order valence-corrected chi connectivity index (χ2v) is 6.19. The molecule has 2 heterocycles. The lowest BCUT2D eigenvalue weighted by Gasteiger charge is -2.29. The van der Waals surface area contributed by atoms with Gasteiger partial charge in [-0.25, -0.2) is 4.68 Å². The average molecular weight is 246 g/mol. The molecule has 1 aromatic rings. The highest BCUT2D eigenvalue weighted by Crippen LogP contribution is 2.40. The van der Waals surface area contributed by atoms with Gasteiger partial charge in [-0.3, -0.25) is 0 Å². The van der Waals surface area contributed by atoms with E-state index in [-0.39, 0.29) is 0 Å². The highest BCUT2D eigenvalue weighted by atomic mass is 15.4. The van der Waals surface area contributed by atoms with E-state index >= 15 is 0 Å². The van der Waals surface area contributed by atoms with Gasteiger partial charge in [0.15, 0.2) is 5.82 Å². The second kappa shape index (κ2) is 4.25. The summed E-state index contributed by atoms with van der Waals surface area (Å²) < 4.78 is 2.23. The highest BCUT2D eigenvalue weighted by molar-refractivity contribution is 5.29. The van der Waals surface area contributed by atoms with E-state index < -0.39 is 0 Å². The fourth-order valence-electron chi connectivity index (χ4n) is 3.76. The van der Waals surface area contributed by atoms with E-state index in [4.69, 9.17) is 10.1 Å². The van der Waals surface area contributed by atoms with Gasteiger partial charge in [0.1, 0.15) is 0 Å². The third kappa shape index (κ3) is 1.65. The largest absolute Gasteiger partial charge is 0.354 e. The molecule has 0 bridgehead atoms. The first-order valence-electron chi connectivity index (χ1n) is 7.62. The average Bonchev–Trinajstić information content (AvgIpc) is 2.94. The van der Waals surface area contributed by atoms with Crippen LogP contribution in [-0.4, -0.2) is 21.3 Å². The number of anilines is 1. The Kier molecular flexibility index (Phi) is 2.55. The Labute approximate surface area is 108 Å². The lowest BCUT2D eigenvalue weighted by molar-refractivity contribution is 0.285. The molecule has 0 aromatic carbocycles. The van der Waals surface area contributed by atoms with Crippen LogP contribution in [0.1, 0.15) is 69.2 Å². The van der Waals surface area contributed by atoms with Crippen LogP contribution >= 0.6 is 0 Å². The maximum absolute atomic E-state index is 4.84. The molecule has 1 aliphatic heterocycles. The molecule has 2 fully saturated rings. The summed E-state index contributed by atoms with van der Waals surface area (Å²) in [6.45, 7) is 1.07. The Morgan fingerprint density at radius 3 is 2.56 bits per heavy atom. The summed E-state index contributed by atoms with van der Waals surface area (Å²) >= 11 is 0. The molecule has 2 saturated carbocycles. The zero-order valence-corrected chi connectivity index (χ0v) is 10.9. The maximum Gasteiger partial charge on any atom is 0.221 e. The predicted molar refractivity (Wildman–Crippen MR) is 70.7 cm³/mol. The number of fused-ring (bicyclic) bond motifs is 1. The molecule has 0 radical (unpaired) electrons. The van der Waals surface area contributed by atoms with E-state index in [0.29, 0.717) is 12.0 Å². The Morgan fingerprint density at radius 1 is 1.00 bits per heavy atom. The monoisotopic (exact) mass is 246 g/mol. The van der Waals surface area contributed by atoms with Crippen molar-refractivity contribution in [2.24, 2.45) is 5.92 Å². The number of nitrogens with zero attached hydrogens (tertiary/aromatic N) is 3. The molecule has 3 aliphatic rings. The van der Waals surface area contributed by atoms with Crippen molar-refractivity contribution in [1.82, 2.24) is 14.8 Å². The minimum Gasteiger partial charge on any atom is -0.354 e. The zero-order chi connectivity index (χ0) is 11.9. The number of aromatic nitrogens is 3. The van der Waals surface area contributed by atoms with Gasteiger partial charge in [-0.2, -0.15) is 10.1 Å². The van der Waals surface area contributed by atoms with Crippen molar-refractivity contribution in [3.8, 4) is 0 Å². The minimum absolute atomic E-state index is 0.616. The van der Waals surface area contributed by atoms with Gasteiger partial charge in [-0.1, -0.05) is 19.3 Å². The van der Waals surface area contributed by atoms with Crippen LogP contribution < -0.4 is 5.32 Å². The molecular formula is C14H22N4. The van der Waals surface area contributed by atoms with Gasteiger partial charge in [0.25, 0.3) is 0 Å². The summed E-state index contributed by atoms with van der Waals surface area (Å²) in [7, 11) is 0. The molecule has 1 atom stereocenters. The first-order chi connectivity index (χ1) is 8.92. The van der Waals surface area contributed by atoms with Crippen LogP contribution in [0.15, 0.2) is 0 Å². The van der Waals surface area contributed by atoms with E-state index in [9.17, 15) is 0 Å². The van der Waals surface area contributed by atoms with Gasteiger partial charge in [0.2, 0.25) is 5.95 Å². The lowest BCUT2D eigenvalue weighted by Crippen LogP contribution is -2.28. The first kappa shape index (κ1) is 10.8. The summed E-state index contributed by atoms with van der Waals surface area (Å²) in [6.07, 6.45) is 10.8.